The zero-order valence-corrected chi connectivity index (χ0v) is 13.9. The number of hydrogen-bond acceptors (Lipinski definition) is 4. The van der Waals surface area contributed by atoms with Crippen molar-refractivity contribution < 1.29 is 9.53 Å². The molecule has 5 heteroatoms. The lowest BCUT2D eigenvalue weighted by atomic mass is 10.0. The van der Waals surface area contributed by atoms with Crippen molar-refractivity contribution in [1.82, 2.24) is 14.8 Å². The molecule has 0 radical (unpaired) electrons. The Morgan fingerprint density at radius 2 is 1.96 bits per heavy atom. The minimum Gasteiger partial charge on any atom is -0.467 e. The van der Waals surface area contributed by atoms with Gasteiger partial charge in [0.15, 0.2) is 0 Å². The number of carbonyl (C=O) groups is 1. The van der Waals surface area contributed by atoms with Crippen LogP contribution in [0.15, 0.2) is 54.9 Å². The molecule has 0 aliphatic carbocycles. The SMILES string of the molecule is COC(=O)[C@@H](C)n1ccc(-c2cccc(-c3ncccc3C)c2)n1. The fourth-order valence-electron chi connectivity index (χ4n) is 2.60. The fourth-order valence-corrected chi connectivity index (χ4v) is 2.60. The van der Waals surface area contributed by atoms with Crippen LogP contribution in [-0.2, 0) is 9.53 Å². The number of pyridine rings is 1. The van der Waals surface area contributed by atoms with Gasteiger partial charge in [-0.25, -0.2) is 4.79 Å². The van der Waals surface area contributed by atoms with Crippen molar-refractivity contribution in [3.63, 3.8) is 0 Å². The van der Waals surface area contributed by atoms with Crippen molar-refractivity contribution in [2.75, 3.05) is 7.11 Å². The summed E-state index contributed by atoms with van der Waals surface area (Å²) in [6, 6.07) is 13.5. The first-order valence-electron chi connectivity index (χ1n) is 7.75. The number of aromatic nitrogens is 3. The summed E-state index contributed by atoms with van der Waals surface area (Å²) in [7, 11) is 1.38. The number of carbonyl (C=O) groups excluding carboxylic acids is 1. The van der Waals surface area contributed by atoms with Crippen LogP contribution >= 0.6 is 0 Å². The molecule has 2 aromatic heterocycles. The maximum Gasteiger partial charge on any atom is 0.330 e. The van der Waals surface area contributed by atoms with Gasteiger partial charge in [-0.3, -0.25) is 9.67 Å². The van der Waals surface area contributed by atoms with E-state index in [2.05, 4.69) is 16.1 Å². The molecule has 0 aliphatic rings. The third kappa shape index (κ3) is 3.06. The van der Waals surface area contributed by atoms with Gasteiger partial charge in [0.25, 0.3) is 0 Å². The molecule has 0 fully saturated rings. The van der Waals surface area contributed by atoms with E-state index in [0.29, 0.717) is 0 Å². The van der Waals surface area contributed by atoms with Crippen LogP contribution < -0.4 is 0 Å². The number of ether oxygens (including phenoxy) is 1. The fraction of sp³-hybridized carbons (Fsp3) is 0.211. The Bertz CT molecular complexity index is 870. The van der Waals surface area contributed by atoms with Gasteiger partial charge in [-0.05, 0) is 37.6 Å². The number of aryl methyl sites for hydroxylation is 1. The number of benzene rings is 1. The first-order chi connectivity index (χ1) is 11.6. The van der Waals surface area contributed by atoms with E-state index in [-0.39, 0.29) is 5.97 Å². The van der Waals surface area contributed by atoms with Crippen molar-refractivity contribution in [2.24, 2.45) is 0 Å². The molecule has 2 heterocycles. The van der Waals surface area contributed by atoms with E-state index in [1.54, 1.807) is 24.0 Å². The highest BCUT2D eigenvalue weighted by atomic mass is 16.5. The van der Waals surface area contributed by atoms with Gasteiger partial charge in [0.1, 0.15) is 6.04 Å². The van der Waals surface area contributed by atoms with Crippen LogP contribution in [-0.4, -0.2) is 27.8 Å². The largest absolute Gasteiger partial charge is 0.467 e. The molecule has 1 atom stereocenters. The first kappa shape index (κ1) is 15.9. The Labute approximate surface area is 140 Å². The predicted octanol–water partition coefficient (Wildman–Crippen LogP) is 3.65. The van der Waals surface area contributed by atoms with E-state index in [4.69, 9.17) is 4.74 Å². The molecule has 0 unspecified atom stereocenters. The Morgan fingerprint density at radius 3 is 2.71 bits per heavy atom. The van der Waals surface area contributed by atoms with Crippen LogP contribution in [0.2, 0.25) is 0 Å². The summed E-state index contributed by atoms with van der Waals surface area (Å²) < 4.78 is 6.37. The Balaban J connectivity index is 1.94. The van der Waals surface area contributed by atoms with Gasteiger partial charge < -0.3 is 4.74 Å². The van der Waals surface area contributed by atoms with Gasteiger partial charge in [0.2, 0.25) is 0 Å². The normalized spacial score (nSPS) is 12.0. The average Bonchev–Trinajstić information content (AvgIpc) is 3.11. The van der Waals surface area contributed by atoms with E-state index >= 15 is 0 Å². The van der Waals surface area contributed by atoms with Crippen molar-refractivity contribution in [1.29, 1.82) is 0 Å². The minimum absolute atomic E-state index is 0.317. The van der Waals surface area contributed by atoms with E-state index in [9.17, 15) is 4.79 Å². The van der Waals surface area contributed by atoms with Crippen molar-refractivity contribution in [3.05, 3.63) is 60.4 Å². The van der Waals surface area contributed by atoms with Crippen LogP contribution in [0.25, 0.3) is 22.5 Å². The van der Waals surface area contributed by atoms with Gasteiger partial charge in [-0.15, -0.1) is 0 Å². The summed E-state index contributed by atoms with van der Waals surface area (Å²) in [4.78, 5) is 16.1. The first-order valence-corrected chi connectivity index (χ1v) is 7.75. The molecule has 122 valence electrons. The summed E-state index contributed by atoms with van der Waals surface area (Å²) in [6.45, 7) is 3.80. The summed E-state index contributed by atoms with van der Waals surface area (Å²) in [5.41, 5.74) is 4.91. The van der Waals surface area contributed by atoms with Gasteiger partial charge in [-0.1, -0.05) is 24.3 Å². The van der Waals surface area contributed by atoms with Crippen molar-refractivity contribution >= 4 is 5.97 Å². The highest BCUT2D eigenvalue weighted by Crippen LogP contribution is 2.26. The van der Waals surface area contributed by atoms with E-state index < -0.39 is 6.04 Å². The highest BCUT2D eigenvalue weighted by Gasteiger charge is 2.16. The third-order valence-electron chi connectivity index (χ3n) is 3.99. The van der Waals surface area contributed by atoms with Gasteiger partial charge in [0.05, 0.1) is 18.5 Å². The van der Waals surface area contributed by atoms with Crippen LogP contribution in [0.4, 0.5) is 0 Å². The van der Waals surface area contributed by atoms with E-state index in [1.165, 1.54) is 7.11 Å². The average molecular weight is 321 g/mol. The molecule has 0 N–H and O–H groups in total. The second kappa shape index (κ2) is 6.66. The molecular weight excluding hydrogens is 302 g/mol. The van der Waals surface area contributed by atoms with Crippen LogP contribution in [0, 0.1) is 6.92 Å². The zero-order chi connectivity index (χ0) is 17.1. The quantitative estimate of drug-likeness (QED) is 0.688. The second-order valence-electron chi connectivity index (χ2n) is 5.63. The molecule has 24 heavy (non-hydrogen) atoms. The topological polar surface area (TPSA) is 57.0 Å². The predicted molar refractivity (Wildman–Crippen MR) is 92.4 cm³/mol. The summed E-state index contributed by atoms with van der Waals surface area (Å²) >= 11 is 0. The minimum atomic E-state index is -0.454. The van der Waals surface area contributed by atoms with Crippen LogP contribution in [0.1, 0.15) is 18.5 Å². The number of esters is 1. The summed E-state index contributed by atoms with van der Waals surface area (Å²) in [5.74, 6) is -0.317. The highest BCUT2D eigenvalue weighted by molar-refractivity contribution is 5.74. The van der Waals surface area contributed by atoms with Gasteiger partial charge >= 0.3 is 5.97 Å². The molecule has 0 aliphatic heterocycles. The number of hydrogen-bond donors (Lipinski definition) is 0. The number of methoxy groups -OCH3 is 1. The van der Waals surface area contributed by atoms with E-state index in [0.717, 1.165) is 28.1 Å². The van der Waals surface area contributed by atoms with Gasteiger partial charge in [-0.2, -0.15) is 5.10 Å². The Hall–Kier alpha value is -2.95. The molecule has 0 spiro atoms. The molecule has 0 saturated heterocycles. The molecule has 3 aromatic rings. The molecule has 1 aromatic carbocycles. The molecule has 0 saturated carbocycles. The lowest BCUT2D eigenvalue weighted by Crippen LogP contribution is -2.18. The standard InChI is InChI=1S/C19H19N3O2/c1-13-6-5-10-20-18(13)16-8-4-7-15(12-16)17-9-11-22(21-17)14(2)19(23)24-3/h4-12,14H,1-3H3/t14-/m1/s1. The molecule has 3 rings (SSSR count). The van der Waals surface area contributed by atoms with Crippen molar-refractivity contribution in [3.8, 4) is 22.5 Å². The monoisotopic (exact) mass is 321 g/mol. The van der Waals surface area contributed by atoms with Gasteiger partial charge in [0, 0.05) is 23.5 Å². The molecule has 5 nitrogen and oxygen atoms in total. The maximum absolute atomic E-state index is 11.6. The Kier molecular flexibility index (Phi) is 4.42. The van der Waals surface area contributed by atoms with Crippen molar-refractivity contribution in [2.45, 2.75) is 19.9 Å². The lowest BCUT2D eigenvalue weighted by molar-refractivity contribution is -0.144. The summed E-state index contributed by atoms with van der Waals surface area (Å²) in [6.07, 6.45) is 3.58. The maximum atomic E-state index is 11.6. The number of rotatable bonds is 4. The molecular formula is C19H19N3O2. The smallest absolute Gasteiger partial charge is 0.330 e. The summed E-state index contributed by atoms with van der Waals surface area (Å²) in [5, 5.41) is 4.50. The Morgan fingerprint density at radius 1 is 1.17 bits per heavy atom. The zero-order valence-electron chi connectivity index (χ0n) is 13.9. The van der Waals surface area contributed by atoms with E-state index in [1.807, 2.05) is 43.3 Å². The van der Waals surface area contributed by atoms with Crippen LogP contribution in [0.5, 0.6) is 0 Å². The molecule has 0 amide bonds. The lowest BCUT2D eigenvalue weighted by Gasteiger charge is -2.09. The molecule has 0 bridgehead atoms. The third-order valence-corrected chi connectivity index (χ3v) is 3.99. The number of nitrogens with zero attached hydrogens (tertiary/aromatic N) is 3. The second-order valence-corrected chi connectivity index (χ2v) is 5.63. The van der Waals surface area contributed by atoms with Crippen LogP contribution in [0.3, 0.4) is 0 Å².